The zero-order chi connectivity index (χ0) is 13.7. The maximum atomic E-state index is 12.0. The van der Waals surface area contributed by atoms with Crippen LogP contribution in [0.25, 0.3) is 0 Å². The van der Waals surface area contributed by atoms with Crippen molar-refractivity contribution in [2.45, 2.75) is 20.4 Å². The van der Waals surface area contributed by atoms with E-state index in [-0.39, 0.29) is 5.91 Å². The van der Waals surface area contributed by atoms with Crippen molar-refractivity contribution in [3.63, 3.8) is 0 Å². The highest BCUT2D eigenvalue weighted by Gasteiger charge is 2.09. The van der Waals surface area contributed by atoms with Crippen LogP contribution in [0.4, 0.5) is 11.5 Å². The molecule has 0 aliphatic rings. The van der Waals surface area contributed by atoms with Crippen molar-refractivity contribution in [2.24, 2.45) is 0 Å². The van der Waals surface area contributed by atoms with Crippen molar-refractivity contribution in [1.82, 2.24) is 14.8 Å². The summed E-state index contributed by atoms with van der Waals surface area (Å²) >= 11 is 0. The molecule has 0 aromatic carbocycles. The zero-order valence-corrected chi connectivity index (χ0v) is 11.1. The second-order valence-electron chi connectivity index (χ2n) is 3.98. The lowest BCUT2D eigenvalue weighted by Crippen LogP contribution is -2.14. The Balaban J connectivity index is 2.08. The van der Waals surface area contributed by atoms with Gasteiger partial charge in [-0.2, -0.15) is 5.10 Å². The van der Waals surface area contributed by atoms with Gasteiger partial charge in [0.2, 0.25) is 0 Å². The first-order valence-corrected chi connectivity index (χ1v) is 6.27. The number of nitrogens with one attached hydrogen (secondary N) is 2. The lowest BCUT2D eigenvalue weighted by Gasteiger charge is -2.05. The number of rotatable bonds is 5. The van der Waals surface area contributed by atoms with Crippen LogP contribution < -0.4 is 10.6 Å². The third kappa shape index (κ3) is 3.31. The fourth-order valence-corrected chi connectivity index (χ4v) is 1.64. The number of aryl methyl sites for hydroxylation is 1. The maximum Gasteiger partial charge on any atom is 0.274 e. The summed E-state index contributed by atoms with van der Waals surface area (Å²) in [5.41, 5.74) is 1.05. The molecule has 0 fully saturated rings. The highest BCUT2D eigenvalue weighted by molar-refractivity contribution is 6.02. The smallest absolute Gasteiger partial charge is 0.274 e. The Morgan fingerprint density at radius 2 is 2.21 bits per heavy atom. The second-order valence-corrected chi connectivity index (χ2v) is 3.98. The summed E-state index contributed by atoms with van der Waals surface area (Å²) in [5.74, 6) is 0.454. The van der Waals surface area contributed by atoms with E-state index < -0.39 is 0 Å². The molecule has 0 aliphatic heterocycles. The molecular weight excluding hydrogens is 242 g/mol. The highest BCUT2D eigenvalue weighted by Crippen LogP contribution is 2.09. The Labute approximate surface area is 111 Å². The van der Waals surface area contributed by atoms with Crippen molar-refractivity contribution < 1.29 is 4.79 Å². The third-order valence-corrected chi connectivity index (χ3v) is 2.55. The standard InChI is InChI=1S/C13H17N5O/c1-3-14-12-7-5-6-11(17-12)13(19)16-10-8-15-18(4-2)9-10/h5-9H,3-4H2,1-2H3,(H,14,17)(H,16,19). The minimum Gasteiger partial charge on any atom is -0.370 e. The molecule has 0 bridgehead atoms. The highest BCUT2D eigenvalue weighted by atomic mass is 16.1. The zero-order valence-electron chi connectivity index (χ0n) is 11.1. The van der Waals surface area contributed by atoms with Gasteiger partial charge in [-0.15, -0.1) is 0 Å². The molecule has 6 heteroatoms. The molecule has 2 aromatic heterocycles. The predicted octanol–water partition coefficient (Wildman–Crippen LogP) is 1.98. The van der Waals surface area contributed by atoms with E-state index in [1.54, 1.807) is 29.2 Å². The third-order valence-electron chi connectivity index (χ3n) is 2.55. The van der Waals surface area contributed by atoms with E-state index in [4.69, 9.17) is 0 Å². The van der Waals surface area contributed by atoms with Crippen LogP contribution in [-0.4, -0.2) is 27.2 Å². The monoisotopic (exact) mass is 259 g/mol. The van der Waals surface area contributed by atoms with Crippen LogP contribution in [0.2, 0.25) is 0 Å². The second kappa shape index (κ2) is 5.99. The van der Waals surface area contributed by atoms with Gasteiger partial charge in [0.25, 0.3) is 5.91 Å². The van der Waals surface area contributed by atoms with Crippen molar-refractivity contribution in [3.05, 3.63) is 36.3 Å². The number of anilines is 2. The van der Waals surface area contributed by atoms with Crippen molar-refractivity contribution in [2.75, 3.05) is 17.2 Å². The fourth-order valence-electron chi connectivity index (χ4n) is 1.64. The van der Waals surface area contributed by atoms with Gasteiger partial charge in [0, 0.05) is 19.3 Å². The summed E-state index contributed by atoms with van der Waals surface area (Å²) in [5, 5.41) is 9.94. The van der Waals surface area contributed by atoms with Gasteiger partial charge in [-0.3, -0.25) is 9.48 Å². The van der Waals surface area contributed by atoms with Gasteiger partial charge in [0.1, 0.15) is 11.5 Å². The average molecular weight is 259 g/mol. The van der Waals surface area contributed by atoms with Crippen LogP contribution in [0.3, 0.4) is 0 Å². The largest absolute Gasteiger partial charge is 0.370 e. The van der Waals surface area contributed by atoms with Gasteiger partial charge in [0.15, 0.2) is 0 Å². The predicted molar refractivity (Wildman–Crippen MR) is 74.3 cm³/mol. The van der Waals surface area contributed by atoms with Crippen LogP contribution >= 0.6 is 0 Å². The molecule has 2 heterocycles. The Bertz CT molecular complexity index is 564. The number of hydrogen-bond donors (Lipinski definition) is 2. The number of pyridine rings is 1. The molecule has 0 aliphatic carbocycles. The molecule has 100 valence electrons. The number of nitrogens with zero attached hydrogens (tertiary/aromatic N) is 3. The molecular formula is C13H17N5O. The lowest BCUT2D eigenvalue weighted by atomic mass is 10.3. The SMILES string of the molecule is CCNc1cccc(C(=O)Nc2cnn(CC)c2)n1. The molecule has 0 atom stereocenters. The van der Waals surface area contributed by atoms with Crippen LogP contribution in [-0.2, 0) is 6.54 Å². The molecule has 0 saturated heterocycles. The van der Waals surface area contributed by atoms with Gasteiger partial charge < -0.3 is 10.6 Å². The summed E-state index contributed by atoms with van der Waals surface area (Å²) in [4.78, 5) is 16.3. The van der Waals surface area contributed by atoms with Crippen molar-refractivity contribution in [3.8, 4) is 0 Å². The Morgan fingerprint density at radius 1 is 1.37 bits per heavy atom. The van der Waals surface area contributed by atoms with Crippen LogP contribution in [0.5, 0.6) is 0 Å². The maximum absolute atomic E-state index is 12.0. The summed E-state index contributed by atoms with van der Waals surface area (Å²) in [7, 11) is 0. The molecule has 0 unspecified atom stereocenters. The minimum atomic E-state index is -0.240. The van der Waals surface area contributed by atoms with E-state index in [9.17, 15) is 4.79 Å². The molecule has 6 nitrogen and oxygen atoms in total. The van der Waals surface area contributed by atoms with E-state index in [1.165, 1.54) is 0 Å². The Hall–Kier alpha value is -2.37. The number of amides is 1. The minimum absolute atomic E-state index is 0.240. The molecule has 2 rings (SSSR count). The molecule has 1 amide bonds. The van der Waals surface area contributed by atoms with E-state index in [0.717, 1.165) is 13.1 Å². The molecule has 0 spiro atoms. The number of aromatic nitrogens is 3. The average Bonchev–Trinajstić information content (AvgIpc) is 2.87. The first kappa shape index (κ1) is 13.1. The van der Waals surface area contributed by atoms with Gasteiger partial charge in [-0.25, -0.2) is 4.98 Å². The normalized spacial score (nSPS) is 10.2. The lowest BCUT2D eigenvalue weighted by molar-refractivity contribution is 0.102. The first-order valence-electron chi connectivity index (χ1n) is 6.27. The molecule has 2 aromatic rings. The number of hydrogen-bond acceptors (Lipinski definition) is 4. The summed E-state index contributed by atoms with van der Waals surface area (Å²) in [6.45, 7) is 5.50. The Morgan fingerprint density at radius 3 is 2.89 bits per heavy atom. The van der Waals surface area contributed by atoms with Crippen molar-refractivity contribution >= 4 is 17.4 Å². The summed E-state index contributed by atoms with van der Waals surface area (Å²) in [6.07, 6.45) is 3.40. The summed E-state index contributed by atoms with van der Waals surface area (Å²) in [6, 6.07) is 5.31. The summed E-state index contributed by atoms with van der Waals surface area (Å²) < 4.78 is 1.75. The first-order chi connectivity index (χ1) is 9.22. The van der Waals surface area contributed by atoms with Crippen LogP contribution in [0.1, 0.15) is 24.3 Å². The van der Waals surface area contributed by atoms with Crippen molar-refractivity contribution in [1.29, 1.82) is 0 Å². The fraction of sp³-hybridized carbons (Fsp3) is 0.308. The quantitative estimate of drug-likeness (QED) is 0.861. The van der Waals surface area contributed by atoms with Gasteiger partial charge in [-0.1, -0.05) is 6.07 Å². The van der Waals surface area contributed by atoms with E-state index in [0.29, 0.717) is 17.2 Å². The van der Waals surface area contributed by atoms with E-state index >= 15 is 0 Å². The van der Waals surface area contributed by atoms with Gasteiger partial charge in [-0.05, 0) is 26.0 Å². The van der Waals surface area contributed by atoms with Crippen LogP contribution in [0.15, 0.2) is 30.6 Å². The topological polar surface area (TPSA) is 71.8 Å². The number of carbonyl (C=O) groups is 1. The molecule has 19 heavy (non-hydrogen) atoms. The number of carbonyl (C=O) groups excluding carboxylic acids is 1. The van der Waals surface area contributed by atoms with E-state index in [1.807, 2.05) is 19.9 Å². The molecule has 0 saturated carbocycles. The molecule has 2 N–H and O–H groups in total. The van der Waals surface area contributed by atoms with Crippen LogP contribution in [0, 0.1) is 0 Å². The van der Waals surface area contributed by atoms with Gasteiger partial charge in [0.05, 0.1) is 11.9 Å². The van der Waals surface area contributed by atoms with Gasteiger partial charge >= 0.3 is 0 Å². The Kier molecular flexibility index (Phi) is 4.12. The van der Waals surface area contributed by atoms with E-state index in [2.05, 4.69) is 20.7 Å². The molecule has 0 radical (unpaired) electrons.